The van der Waals surface area contributed by atoms with Crippen LogP contribution in [-0.4, -0.2) is 34.7 Å². The Hall–Kier alpha value is -1.49. The van der Waals surface area contributed by atoms with E-state index in [1.165, 1.54) is 16.7 Å². The summed E-state index contributed by atoms with van der Waals surface area (Å²) in [5, 5.41) is 0. The normalized spacial score (nSPS) is 16.4. The van der Waals surface area contributed by atoms with Crippen molar-refractivity contribution < 1.29 is 14.3 Å². The summed E-state index contributed by atoms with van der Waals surface area (Å²) in [6.45, 7) is 12.7. The summed E-state index contributed by atoms with van der Waals surface area (Å²) in [5.74, 6) is -0.270. The van der Waals surface area contributed by atoms with Crippen molar-refractivity contribution in [3.8, 4) is 0 Å². The Morgan fingerprint density at radius 2 is 2.05 bits per heavy atom. The lowest BCUT2D eigenvalue weighted by atomic mass is 10.2. The number of hydrogen-bond donors (Lipinski definition) is 0. The van der Waals surface area contributed by atoms with Gasteiger partial charge in [-0.3, -0.25) is 14.5 Å². The van der Waals surface area contributed by atoms with E-state index in [-0.39, 0.29) is 12.5 Å². The molecular formula is C14H19NO3S. The van der Waals surface area contributed by atoms with Crippen molar-refractivity contribution >= 4 is 23.6 Å². The molecule has 0 spiro atoms. The Bertz CT molecular complexity index is 446. The number of carbonyl (C=O) groups is 2. The molecule has 104 valence electrons. The van der Waals surface area contributed by atoms with Gasteiger partial charge < -0.3 is 4.74 Å². The van der Waals surface area contributed by atoms with Gasteiger partial charge in [0, 0.05) is 4.91 Å². The summed E-state index contributed by atoms with van der Waals surface area (Å²) < 4.78 is 5.23. The van der Waals surface area contributed by atoms with Crippen molar-refractivity contribution in [3.63, 3.8) is 0 Å². The molecule has 1 aliphatic rings. The third-order valence-electron chi connectivity index (χ3n) is 2.28. The zero-order valence-electron chi connectivity index (χ0n) is 11.6. The minimum atomic E-state index is -0.565. The molecule has 0 saturated heterocycles. The van der Waals surface area contributed by atoms with Gasteiger partial charge in [-0.2, -0.15) is 0 Å². The fourth-order valence-electron chi connectivity index (χ4n) is 1.61. The van der Waals surface area contributed by atoms with Gasteiger partial charge in [-0.15, -0.1) is 11.8 Å². The third-order valence-corrected chi connectivity index (χ3v) is 3.36. The van der Waals surface area contributed by atoms with Crippen LogP contribution in [0.5, 0.6) is 0 Å². The molecule has 0 aromatic carbocycles. The predicted octanol–water partition coefficient (Wildman–Crippen LogP) is 2.49. The zero-order valence-corrected chi connectivity index (χ0v) is 12.4. The maximum Gasteiger partial charge on any atom is 0.326 e. The number of thioether (sulfide) groups is 1. The van der Waals surface area contributed by atoms with Gasteiger partial charge in [0.2, 0.25) is 5.91 Å². The summed E-state index contributed by atoms with van der Waals surface area (Å²) in [7, 11) is 0. The van der Waals surface area contributed by atoms with Crippen LogP contribution in [0.3, 0.4) is 0 Å². The predicted molar refractivity (Wildman–Crippen MR) is 77.4 cm³/mol. The highest BCUT2D eigenvalue weighted by Gasteiger charge is 2.28. The summed E-state index contributed by atoms with van der Waals surface area (Å²) in [4.78, 5) is 26.0. The highest BCUT2D eigenvalue weighted by Crippen LogP contribution is 2.29. The smallest absolute Gasteiger partial charge is 0.326 e. The second-order valence-corrected chi connectivity index (χ2v) is 6.03. The minimum absolute atomic E-state index is 0.102. The van der Waals surface area contributed by atoms with Crippen LogP contribution < -0.4 is 0 Å². The topological polar surface area (TPSA) is 46.6 Å². The first-order chi connectivity index (χ1) is 8.78. The number of amides is 1. The van der Waals surface area contributed by atoms with Gasteiger partial charge in [0.1, 0.15) is 12.1 Å². The molecule has 0 saturated carbocycles. The monoisotopic (exact) mass is 281 g/mol. The van der Waals surface area contributed by atoms with Crippen LogP contribution in [0.2, 0.25) is 0 Å². The summed E-state index contributed by atoms with van der Waals surface area (Å²) in [6, 6.07) is 0. The third kappa shape index (κ3) is 4.28. The van der Waals surface area contributed by atoms with Crippen molar-refractivity contribution in [1.29, 1.82) is 0 Å². The van der Waals surface area contributed by atoms with E-state index in [0.717, 1.165) is 4.91 Å². The van der Waals surface area contributed by atoms with Crippen molar-refractivity contribution in [1.82, 2.24) is 4.90 Å². The second-order valence-electron chi connectivity index (χ2n) is 5.01. The molecular weight excluding hydrogens is 262 g/mol. The molecule has 19 heavy (non-hydrogen) atoms. The molecule has 0 aromatic rings. The first-order valence-electron chi connectivity index (χ1n) is 5.92. The molecule has 5 heteroatoms. The Balaban J connectivity index is 2.90. The molecule has 0 radical (unpaired) electrons. The first-order valence-corrected chi connectivity index (χ1v) is 6.91. The maximum atomic E-state index is 11.9. The van der Waals surface area contributed by atoms with Gasteiger partial charge in [0.25, 0.3) is 0 Å². The Labute approximate surface area is 118 Å². The number of ether oxygens (including phenoxy) is 1. The van der Waals surface area contributed by atoms with Crippen molar-refractivity contribution in [2.24, 2.45) is 0 Å². The molecule has 4 nitrogen and oxygen atoms in total. The fraction of sp³-hybridized carbons (Fsp3) is 0.429. The van der Waals surface area contributed by atoms with Gasteiger partial charge in [-0.05, 0) is 26.8 Å². The van der Waals surface area contributed by atoms with Crippen LogP contribution in [0, 0.1) is 0 Å². The van der Waals surface area contributed by atoms with E-state index in [9.17, 15) is 9.59 Å². The average Bonchev–Trinajstić information content (AvgIpc) is 2.29. The standard InChI is InChI=1S/C14H19NO3S/c1-6-10-11(7-2)19-9-12(16)15(10)8-13(17)18-14(3,4)5/h6-7H,1-2,8-9H2,3-5H3. The number of esters is 1. The molecule has 0 aliphatic carbocycles. The molecule has 1 amide bonds. The van der Waals surface area contributed by atoms with Crippen LogP contribution in [0.1, 0.15) is 20.8 Å². The van der Waals surface area contributed by atoms with E-state index in [4.69, 9.17) is 4.74 Å². The van der Waals surface area contributed by atoms with E-state index < -0.39 is 11.6 Å². The van der Waals surface area contributed by atoms with E-state index >= 15 is 0 Å². The van der Waals surface area contributed by atoms with Crippen LogP contribution in [0.4, 0.5) is 0 Å². The van der Waals surface area contributed by atoms with Gasteiger partial charge in [-0.1, -0.05) is 19.2 Å². The zero-order chi connectivity index (χ0) is 14.6. The van der Waals surface area contributed by atoms with Gasteiger partial charge in [0.05, 0.1) is 11.4 Å². The summed E-state index contributed by atoms with van der Waals surface area (Å²) >= 11 is 1.39. The second kappa shape index (κ2) is 6.10. The average molecular weight is 281 g/mol. The highest BCUT2D eigenvalue weighted by atomic mass is 32.2. The fourth-order valence-corrected chi connectivity index (χ4v) is 2.50. The number of carbonyl (C=O) groups excluding carboxylic acids is 2. The van der Waals surface area contributed by atoms with Crippen molar-refractivity contribution in [2.45, 2.75) is 26.4 Å². The van der Waals surface area contributed by atoms with E-state index in [0.29, 0.717) is 11.4 Å². The number of nitrogens with zero attached hydrogens (tertiary/aromatic N) is 1. The maximum absolute atomic E-state index is 11.9. The molecule has 0 fully saturated rings. The molecule has 0 aromatic heterocycles. The Morgan fingerprint density at radius 1 is 1.42 bits per heavy atom. The SMILES string of the molecule is C=CC1=C(C=C)N(CC(=O)OC(C)(C)C)C(=O)CS1. The molecule has 0 N–H and O–H groups in total. The van der Waals surface area contributed by atoms with Crippen LogP contribution >= 0.6 is 11.8 Å². The van der Waals surface area contributed by atoms with E-state index in [1.54, 1.807) is 32.9 Å². The minimum Gasteiger partial charge on any atom is -0.459 e. The first kappa shape index (κ1) is 15.6. The molecule has 0 bridgehead atoms. The van der Waals surface area contributed by atoms with Crippen molar-refractivity contribution in [3.05, 3.63) is 35.9 Å². The van der Waals surface area contributed by atoms with Crippen LogP contribution in [-0.2, 0) is 14.3 Å². The summed E-state index contributed by atoms with van der Waals surface area (Å²) in [5.41, 5.74) is 0.0476. The lowest BCUT2D eigenvalue weighted by Crippen LogP contribution is -2.40. The van der Waals surface area contributed by atoms with Crippen molar-refractivity contribution in [2.75, 3.05) is 12.3 Å². The highest BCUT2D eigenvalue weighted by molar-refractivity contribution is 8.04. The lowest BCUT2D eigenvalue weighted by molar-refractivity contribution is -0.157. The quantitative estimate of drug-likeness (QED) is 0.743. The Morgan fingerprint density at radius 3 is 2.53 bits per heavy atom. The van der Waals surface area contributed by atoms with E-state index in [2.05, 4.69) is 13.2 Å². The van der Waals surface area contributed by atoms with Gasteiger partial charge >= 0.3 is 5.97 Å². The van der Waals surface area contributed by atoms with Gasteiger partial charge in [-0.25, -0.2) is 0 Å². The van der Waals surface area contributed by atoms with Gasteiger partial charge in [0.15, 0.2) is 0 Å². The molecule has 1 rings (SSSR count). The molecule has 0 atom stereocenters. The Kier molecular flexibility index (Phi) is 5.00. The van der Waals surface area contributed by atoms with Crippen LogP contribution in [0.15, 0.2) is 35.9 Å². The largest absolute Gasteiger partial charge is 0.459 e. The van der Waals surface area contributed by atoms with E-state index in [1.807, 2.05) is 0 Å². The lowest BCUT2D eigenvalue weighted by Gasteiger charge is -2.29. The summed E-state index contributed by atoms with van der Waals surface area (Å²) in [6.07, 6.45) is 3.22. The molecule has 1 heterocycles. The van der Waals surface area contributed by atoms with Crippen LogP contribution in [0.25, 0.3) is 0 Å². The number of rotatable bonds is 4. The number of allylic oxidation sites excluding steroid dienone is 2. The number of hydrogen-bond acceptors (Lipinski definition) is 4. The molecule has 1 aliphatic heterocycles. The molecule has 0 unspecified atom stereocenters.